The van der Waals surface area contributed by atoms with Gasteiger partial charge < -0.3 is 14.2 Å². The molecule has 2 atom stereocenters. The number of esters is 3. The molecule has 0 amide bonds. The first kappa shape index (κ1) is 27.0. The highest BCUT2D eigenvalue weighted by Crippen LogP contribution is 2.38. The summed E-state index contributed by atoms with van der Waals surface area (Å²) in [5.41, 5.74) is 3.58. The average molecular weight is 716 g/mol. The number of Topliss-reactive ketones (excluding diaryl/α,β-unsaturated/α-hetero) is 1. The monoisotopic (exact) mass is 716 g/mol. The van der Waals surface area contributed by atoms with Gasteiger partial charge in [0.1, 0.15) is 30.7 Å². The van der Waals surface area contributed by atoms with Crippen LogP contribution in [-0.2, 0) is 45.0 Å². The number of carbonyl (C=O) groups is 4. The van der Waals surface area contributed by atoms with E-state index in [4.69, 9.17) is 14.2 Å². The van der Waals surface area contributed by atoms with Crippen molar-refractivity contribution in [3.05, 3.63) is 58.1 Å². The van der Waals surface area contributed by atoms with Crippen molar-refractivity contribution >= 4 is 68.9 Å². The Labute approximate surface area is 236 Å². The predicted molar refractivity (Wildman–Crippen MR) is 149 cm³/mol. The van der Waals surface area contributed by atoms with Crippen LogP contribution in [0.5, 0.6) is 11.5 Å². The van der Waals surface area contributed by atoms with Crippen molar-refractivity contribution in [1.29, 1.82) is 0 Å². The molecule has 1 aliphatic heterocycles. The van der Waals surface area contributed by atoms with Gasteiger partial charge in [-0.15, -0.1) is 0 Å². The van der Waals surface area contributed by atoms with Crippen LogP contribution < -0.4 is 9.47 Å². The highest BCUT2D eigenvalue weighted by atomic mass is 127. The van der Waals surface area contributed by atoms with E-state index >= 15 is 0 Å². The molecular formula is C27H26I2O7. The number of rotatable bonds is 8. The third-order valence-electron chi connectivity index (χ3n) is 6.79. The Bertz CT molecular complexity index is 1270. The molecule has 1 aliphatic carbocycles. The molecule has 0 spiro atoms. The van der Waals surface area contributed by atoms with Gasteiger partial charge in [-0.2, -0.15) is 0 Å². The summed E-state index contributed by atoms with van der Waals surface area (Å²) in [5.74, 6) is -0.318. The van der Waals surface area contributed by atoms with Gasteiger partial charge in [0.25, 0.3) is 0 Å². The van der Waals surface area contributed by atoms with Gasteiger partial charge in [-0.25, -0.2) is 4.79 Å². The van der Waals surface area contributed by atoms with E-state index in [-0.39, 0.29) is 37.2 Å². The molecule has 0 N–H and O–H groups in total. The zero-order chi connectivity index (χ0) is 26.3. The molecule has 2 aliphatic rings. The Kier molecular flexibility index (Phi) is 7.80. The second-order valence-corrected chi connectivity index (χ2v) is 13.7. The van der Waals surface area contributed by atoms with Crippen molar-refractivity contribution in [2.24, 2.45) is 0 Å². The van der Waals surface area contributed by atoms with Gasteiger partial charge in [0.15, 0.2) is 0 Å². The molecule has 7 nitrogen and oxygen atoms in total. The number of hydrogen-bond donors (Lipinski definition) is 0. The van der Waals surface area contributed by atoms with Gasteiger partial charge in [0.05, 0.1) is 5.56 Å². The number of fused-ring (bicyclic) bond motifs is 2. The first-order valence-electron chi connectivity index (χ1n) is 11.7. The molecule has 0 bridgehead atoms. The molecule has 9 heteroatoms. The number of halogens is 2. The Morgan fingerprint density at radius 2 is 1.69 bits per heavy atom. The Morgan fingerprint density at radius 3 is 2.39 bits per heavy atom. The van der Waals surface area contributed by atoms with Gasteiger partial charge in [-0.3, -0.25) is 14.4 Å². The number of hydrogen-bond acceptors (Lipinski definition) is 7. The number of benzene rings is 2. The second-order valence-electron chi connectivity index (χ2n) is 9.29. The van der Waals surface area contributed by atoms with Crippen LogP contribution in [0.25, 0.3) is 0 Å². The van der Waals surface area contributed by atoms with Crippen LogP contribution in [0.3, 0.4) is 0 Å². The molecule has 2 unspecified atom stereocenters. The maximum Gasteiger partial charge on any atom is 0.338 e. The number of ether oxygens (including phenoxy) is 3. The third kappa shape index (κ3) is 5.32. The van der Waals surface area contributed by atoms with Crippen LogP contribution in [-0.4, -0.2) is 30.5 Å². The summed E-state index contributed by atoms with van der Waals surface area (Å²) >= 11 is 4.21. The molecule has 190 valence electrons. The van der Waals surface area contributed by atoms with E-state index in [1.54, 1.807) is 24.3 Å². The lowest BCUT2D eigenvalue weighted by atomic mass is 9.91. The molecule has 0 aromatic heterocycles. The van der Waals surface area contributed by atoms with Crippen molar-refractivity contribution in [3.8, 4) is 11.5 Å². The summed E-state index contributed by atoms with van der Waals surface area (Å²) in [7, 11) is 0. The van der Waals surface area contributed by atoms with Crippen molar-refractivity contribution in [1.82, 2.24) is 0 Å². The van der Waals surface area contributed by atoms with E-state index in [1.807, 2.05) is 26.8 Å². The smallest absolute Gasteiger partial charge is 0.338 e. The topological polar surface area (TPSA) is 96.0 Å². The third-order valence-corrected chi connectivity index (χ3v) is 9.58. The summed E-state index contributed by atoms with van der Waals surface area (Å²) in [5, 5.41) is 0. The van der Waals surface area contributed by atoms with Crippen LogP contribution in [0.2, 0.25) is 0 Å². The summed E-state index contributed by atoms with van der Waals surface area (Å²) in [6, 6.07) is 8.41. The van der Waals surface area contributed by atoms with Crippen molar-refractivity contribution in [3.63, 3.8) is 0 Å². The van der Waals surface area contributed by atoms with Crippen molar-refractivity contribution in [2.45, 2.75) is 66.3 Å². The van der Waals surface area contributed by atoms with E-state index in [0.717, 1.165) is 16.7 Å². The fraction of sp³-hybridized carbons (Fsp3) is 0.407. The molecule has 0 saturated heterocycles. The molecule has 4 rings (SSSR count). The lowest BCUT2D eigenvalue weighted by molar-refractivity contribution is -0.137. The van der Waals surface area contributed by atoms with Gasteiger partial charge in [-0.05, 0) is 61.6 Å². The van der Waals surface area contributed by atoms with Gasteiger partial charge >= 0.3 is 17.9 Å². The molecular weight excluding hydrogens is 690 g/mol. The minimum absolute atomic E-state index is 0.0514. The quantitative estimate of drug-likeness (QED) is 0.159. The molecule has 2 aromatic carbocycles. The van der Waals surface area contributed by atoms with E-state index in [9.17, 15) is 19.2 Å². The molecule has 0 saturated carbocycles. The summed E-state index contributed by atoms with van der Waals surface area (Å²) in [6.07, 6.45) is 1.93. The lowest BCUT2D eigenvalue weighted by Crippen LogP contribution is -2.37. The normalized spacial score (nSPS) is 17.5. The first-order chi connectivity index (χ1) is 17.0. The predicted octanol–water partition coefficient (Wildman–Crippen LogP) is 5.27. The SMILES string of the molecule is CCC(C)(I)C(=O)Oc1ccc(CC(I)(CC)C(=O)Oc2ccc3c(c2)COC3=O)c2c1CC(=O)C2. The fourth-order valence-electron chi connectivity index (χ4n) is 4.22. The summed E-state index contributed by atoms with van der Waals surface area (Å²) in [4.78, 5) is 50.0. The highest BCUT2D eigenvalue weighted by Gasteiger charge is 2.39. The minimum atomic E-state index is -0.885. The van der Waals surface area contributed by atoms with E-state index < -0.39 is 12.8 Å². The first-order valence-corrected chi connectivity index (χ1v) is 13.9. The molecule has 2 aromatic rings. The van der Waals surface area contributed by atoms with Gasteiger partial charge in [0, 0.05) is 24.0 Å². The summed E-state index contributed by atoms with van der Waals surface area (Å²) < 4.78 is 14.9. The lowest BCUT2D eigenvalue weighted by Gasteiger charge is -2.26. The standard InChI is InChI=1S/C27H26I2O7/c1-4-26(3,28)24(32)36-22-9-6-15(20-11-17(30)12-21(20)22)13-27(29,5-2)25(33)35-18-7-8-19-16(10-18)14-34-23(19)31/h6-10H,4-5,11-14H2,1-3H3. The Hall–Kier alpha value is -2.02. The average Bonchev–Trinajstić information content (AvgIpc) is 3.42. The van der Waals surface area contributed by atoms with Crippen LogP contribution >= 0.6 is 45.2 Å². The Morgan fingerprint density at radius 1 is 0.972 bits per heavy atom. The van der Waals surface area contributed by atoms with Gasteiger partial charge in [0.2, 0.25) is 0 Å². The molecule has 0 radical (unpaired) electrons. The van der Waals surface area contributed by atoms with E-state index in [2.05, 4.69) is 45.2 Å². The maximum absolute atomic E-state index is 13.3. The van der Waals surface area contributed by atoms with Crippen LogP contribution in [0.15, 0.2) is 30.3 Å². The zero-order valence-electron chi connectivity index (χ0n) is 20.2. The largest absolute Gasteiger partial charge is 0.457 e. The molecule has 36 heavy (non-hydrogen) atoms. The molecule has 0 fully saturated rings. The van der Waals surface area contributed by atoms with Crippen molar-refractivity contribution in [2.75, 3.05) is 0 Å². The molecule has 1 heterocycles. The van der Waals surface area contributed by atoms with Crippen LogP contribution in [0.1, 0.15) is 66.2 Å². The zero-order valence-corrected chi connectivity index (χ0v) is 24.6. The number of carbonyl (C=O) groups excluding carboxylic acids is 4. The number of cyclic esters (lactones) is 1. The second kappa shape index (κ2) is 10.4. The maximum atomic E-state index is 13.3. The van der Waals surface area contributed by atoms with Crippen molar-refractivity contribution < 1.29 is 33.4 Å². The van der Waals surface area contributed by atoms with E-state index in [0.29, 0.717) is 41.9 Å². The minimum Gasteiger partial charge on any atom is -0.457 e. The van der Waals surface area contributed by atoms with Gasteiger partial charge in [-0.1, -0.05) is 65.1 Å². The number of alkyl halides is 2. The van der Waals surface area contributed by atoms with Crippen LogP contribution in [0, 0.1) is 0 Å². The van der Waals surface area contributed by atoms with Crippen LogP contribution in [0.4, 0.5) is 0 Å². The fourth-order valence-corrected chi connectivity index (χ4v) is 4.85. The summed E-state index contributed by atoms with van der Waals surface area (Å²) in [6.45, 7) is 5.81. The highest BCUT2D eigenvalue weighted by molar-refractivity contribution is 14.1. The number of ketones is 1. The Balaban J connectivity index is 1.57. The van der Waals surface area contributed by atoms with E-state index in [1.165, 1.54) is 0 Å².